The van der Waals surface area contributed by atoms with Crippen LogP contribution in [0.3, 0.4) is 0 Å². The van der Waals surface area contributed by atoms with Crippen molar-refractivity contribution in [3.8, 4) is 0 Å². The van der Waals surface area contributed by atoms with Crippen molar-refractivity contribution in [3.63, 3.8) is 0 Å². The molecule has 0 spiro atoms. The molecule has 1 aromatic carbocycles. The molecule has 25 heavy (non-hydrogen) atoms. The van der Waals surface area contributed by atoms with Crippen LogP contribution < -0.4 is 5.32 Å². The monoisotopic (exact) mass is 358 g/mol. The van der Waals surface area contributed by atoms with E-state index in [0.29, 0.717) is 10.7 Å². The van der Waals surface area contributed by atoms with E-state index in [4.69, 9.17) is 11.6 Å². The topological polar surface area (TPSA) is 48.5 Å². The fraction of sp³-hybridized carbons (Fsp3) is 0.368. The smallest absolute Gasteiger partial charge is 0.274 e. The third kappa shape index (κ3) is 5.01. The molecule has 1 aliphatic rings. The molecule has 3 rings (SSSR count). The molecular formula is C19H23ClN4O. The average Bonchev–Trinajstić information content (AvgIpc) is 2.64. The molecule has 2 aromatic rings. The number of carbonyl (C=O) groups is 1. The standard InChI is InChI=1S/C19H23ClN4O/c1-2-23-9-11-24(12-10-23)14-15-3-5-17(6-4-15)22-19(25)18-13-16(20)7-8-21-18/h3-8,13H,2,9-12,14H2,1H3,(H,22,25). The number of anilines is 1. The number of nitrogens with zero attached hydrogens (tertiary/aromatic N) is 3. The lowest BCUT2D eigenvalue weighted by Crippen LogP contribution is -2.45. The van der Waals surface area contributed by atoms with Gasteiger partial charge in [-0.05, 0) is 36.4 Å². The lowest BCUT2D eigenvalue weighted by Gasteiger charge is -2.34. The summed E-state index contributed by atoms with van der Waals surface area (Å²) in [7, 11) is 0. The van der Waals surface area contributed by atoms with Crippen molar-refractivity contribution in [3.05, 3.63) is 58.9 Å². The number of piperazine rings is 1. The summed E-state index contributed by atoms with van der Waals surface area (Å²) in [6, 6.07) is 11.2. The molecule has 0 bridgehead atoms. The molecule has 0 saturated carbocycles. The Balaban J connectivity index is 1.54. The van der Waals surface area contributed by atoms with Crippen LogP contribution in [0.2, 0.25) is 5.02 Å². The second-order valence-electron chi connectivity index (χ2n) is 6.22. The number of aromatic nitrogens is 1. The highest BCUT2D eigenvalue weighted by molar-refractivity contribution is 6.30. The number of nitrogens with one attached hydrogen (secondary N) is 1. The van der Waals surface area contributed by atoms with Crippen LogP contribution in [0.4, 0.5) is 5.69 Å². The summed E-state index contributed by atoms with van der Waals surface area (Å²) in [4.78, 5) is 21.2. The van der Waals surface area contributed by atoms with Crippen molar-refractivity contribution in [1.82, 2.24) is 14.8 Å². The minimum absolute atomic E-state index is 0.258. The van der Waals surface area contributed by atoms with Gasteiger partial charge in [-0.3, -0.25) is 14.7 Å². The Kier molecular flexibility index (Phi) is 6.02. The van der Waals surface area contributed by atoms with Gasteiger partial charge in [0.1, 0.15) is 5.69 Å². The Labute approximate surface area is 153 Å². The summed E-state index contributed by atoms with van der Waals surface area (Å²) in [5.41, 5.74) is 2.32. The van der Waals surface area contributed by atoms with Gasteiger partial charge < -0.3 is 10.2 Å². The highest BCUT2D eigenvalue weighted by Gasteiger charge is 2.15. The SMILES string of the molecule is CCN1CCN(Cc2ccc(NC(=O)c3cc(Cl)ccn3)cc2)CC1. The van der Waals surface area contributed by atoms with Gasteiger partial charge >= 0.3 is 0 Å². The summed E-state index contributed by atoms with van der Waals surface area (Å²) < 4.78 is 0. The molecule has 0 radical (unpaired) electrons. The van der Waals surface area contributed by atoms with E-state index in [-0.39, 0.29) is 5.91 Å². The summed E-state index contributed by atoms with van der Waals surface area (Å²) in [5.74, 6) is -0.258. The highest BCUT2D eigenvalue weighted by atomic mass is 35.5. The number of halogens is 1. The lowest BCUT2D eigenvalue weighted by atomic mass is 10.1. The van der Waals surface area contributed by atoms with Gasteiger partial charge in [0, 0.05) is 49.6 Å². The van der Waals surface area contributed by atoms with Crippen LogP contribution in [-0.4, -0.2) is 53.4 Å². The molecule has 1 fully saturated rings. The Morgan fingerprint density at radius 1 is 1.12 bits per heavy atom. The Bertz CT molecular complexity index is 712. The first-order valence-corrected chi connectivity index (χ1v) is 8.98. The summed E-state index contributed by atoms with van der Waals surface area (Å²) in [5, 5.41) is 3.35. The van der Waals surface area contributed by atoms with Crippen LogP contribution in [0.1, 0.15) is 23.0 Å². The lowest BCUT2D eigenvalue weighted by molar-refractivity contribution is 0.102. The molecule has 0 atom stereocenters. The third-order valence-electron chi connectivity index (χ3n) is 4.48. The molecule has 1 N–H and O–H groups in total. The van der Waals surface area contributed by atoms with Crippen LogP contribution >= 0.6 is 11.6 Å². The van der Waals surface area contributed by atoms with E-state index < -0.39 is 0 Å². The van der Waals surface area contributed by atoms with E-state index in [1.54, 1.807) is 12.1 Å². The van der Waals surface area contributed by atoms with Crippen molar-refractivity contribution >= 4 is 23.2 Å². The van der Waals surface area contributed by atoms with E-state index in [2.05, 4.69) is 39.2 Å². The van der Waals surface area contributed by atoms with Crippen molar-refractivity contribution in [2.45, 2.75) is 13.5 Å². The Hall–Kier alpha value is -1.95. The van der Waals surface area contributed by atoms with Crippen molar-refractivity contribution < 1.29 is 4.79 Å². The first kappa shape index (κ1) is 17.9. The molecule has 5 nitrogen and oxygen atoms in total. The number of amides is 1. The van der Waals surface area contributed by atoms with Crippen LogP contribution in [0.25, 0.3) is 0 Å². The zero-order valence-corrected chi connectivity index (χ0v) is 15.2. The molecule has 1 aliphatic heterocycles. The van der Waals surface area contributed by atoms with Crippen LogP contribution in [0.5, 0.6) is 0 Å². The first-order chi connectivity index (χ1) is 12.1. The second kappa shape index (κ2) is 8.43. The quantitative estimate of drug-likeness (QED) is 0.892. The normalized spacial score (nSPS) is 15.9. The van der Waals surface area contributed by atoms with Gasteiger partial charge in [0.25, 0.3) is 5.91 Å². The molecule has 0 unspecified atom stereocenters. The maximum absolute atomic E-state index is 12.2. The number of pyridine rings is 1. The Morgan fingerprint density at radius 2 is 1.80 bits per heavy atom. The predicted octanol–water partition coefficient (Wildman–Crippen LogP) is 3.12. The van der Waals surface area contributed by atoms with E-state index in [9.17, 15) is 4.79 Å². The molecule has 6 heteroatoms. The predicted molar refractivity (Wildman–Crippen MR) is 101 cm³/mol. The molecule has 2 heterocycles. The van der Waals surface area contributed by atoms with Crippen LogP contribution in [0, 0.1) is 0 Å². The van der Waals surface area contributed by atoms with Crippen LogP contribution in [0.15, 0.2) is 42.6 Å². The maximum atomic E-state index is 12.2. The first-order valence-electron chi connectivity index (χ1n) is 8.60. The fourth-order valence-electron chi connectivity index (χ4n) is 2.94. The van der Waals surface area contributed by atoms with E-state index in [1.165, 1.54) is 11.8 Å². The minimum atomic E-state index is -0.258. The molecule has 1 saturated heterocycles. The van der Waals surface area contributed by atoms with Crippen LogP contribution in [-0.2, 0) is 6.54 Å². The zero-order chi connectivity index (χ0) is 17.6. The van der Waals surface area contributed by atoms with E-state index >= 15 is 0 Å². The molecule has 1 amide bonds. The van der Waals surface area contributed by atoms with Gasteiger partial charge in [0.15, 0.2) is 0 Å². The number of rotatable bonds is 5. The molecule has 132 valence electrons. The maximum Gasteiger partial charge on any atom is 0.274 e. The number of hydrogen-bond acceptors (Lipinski definition) is 4. The fourth-order valence-corrected chi connectivity index (χ4v) is 3.10. The average molecular weight is 359 g/mol. The van der Waals surface area contributed by atoms with Crippen molar-refractivity contribution in [2.75, 3.05) is 38.0 Å². The van der Waals surface area contributed by atoms with Gasteiger partial charge in [-0.1, -0.05) is 30.7 Å². The summed E-state index contributed by atoms with van der Waals surface area (Å²) in [6.07, 6.45) is 1.53. The van der Waals surface area contributed by atoms with E-state index in [1.807, 2.05) is 12.1 Å². The number of likely N-dealkylation sites (N-methyl/N-ethyl adjacent to an activating group) is 1. The van der Waals surface area contributed by atoms with Gasteiger partial charge in [0.05, 0.1) is 0 Å². The molecule has 1 aromatic heterocycles. The summed E-state index contributed by atoms with van der Waals surface area (Å²) >= 11 is 5.90. The molecule has 0 aliphatic carbocycles. The highest BCUT2D eigenvalue weighted by Crippen LogP contribution is 2.15. The van der Waals surface area contributed by atoms with Crippen molar-refractivity contribution in [2.24, 2.45) is 0 Å². The largest absolute Gasteiger partial charge is 0.321 e. The van der Waals surface area contributed by atoms with E-state index in [0.717, 1.165) is 45.0 Å². The summed E-state index contributed by atoms with van der Waals surface area (Å²) in [6.45, 7) is 8.76. The number of hydrogen-bond donors (Lipinski definition) is 1. The van der Waals surface area contributed by atoms with Gasteiger partial charge in [0.2, 0.25) is 0 Å². The third-order valence-corrected chi connectivity index (χ3v) is 4.72. The van der Waals surface area contributed by atoms with Gasteiger partial charge in [-0.15, -0.1) is 0 Å². The van der Waals surface area contributed by atoms with Gasteiger partial charge in [-0.25, -0.2) is 0 Å². The molecular weight excluding hydrogens is 336 g/mol. The Morgan fingerprint density at radius 3 is 2.44 bits per heavy atom. The number of carbonyl (C=O) groups excluding carboxylic acids is 1. The zero-order valence-electron chi connectivity index (χ0n) is 14.4. The minimum Gasteiger partial charge on any atom is -0.321 e. The second-order valence-corrected chi connectivity index (χ2v) is 6.66. The number of benzene rings is 1. The van der Waals surface area contributed by atoms with Crippen molar-refractivity contribution in [1.29, 1.82) is 0 Å². The van der Waals surface area contributed by atoms with Gasteiger partial charge in [-0.2, -0.15) is 0 Å².